The van der Waals surface area contributed by atoms with Crippen LogP contribution in [0.3, 0.4) is 0 Å². The summed E-state index contributed by atoms with van der Waals surface area (Å²) in [6, 6.07) is 11.8. The van der Waals surface area contributed by atoms with E-state index in [1.54, 1.807) is 0 Å². The molecule has 4 nitrogen and oxygen atoms in total. The van der Waals surface area contributed by atoms with Crippen molar-refractivity contribution in [3.63, 3.8) is 0 Å². The molecule has 0 aliphatic carbocycles. The van der Waals surface area contributed by atoms with Gasteiger partial charge in [-0.3, -0.25) is 9.69 Å². The lowest BCUT2D eigenvalue weighted by Crippen LogP contribution is -2.54. The Kier molecular flexibility index (Phi) is 3.74. The number of nitrogens with zero attached hydrogens (tertiary/aromatic N) is 1. The van der Waals surface area contributed by atoms with Crippen molar-refractivity contribution in [2.75, 3.05) is 18.1 Å². The second kappa shape index (κ2) is 5.72. The van der Waals surface area contributed by atoms with Crippen molar-refractivity contribution in [1.82, 2.24) is 0 Å². The van der Waals surface area contributed by atoms with Crippen LogP contribution in [0.25, 0.3) is 0 Å². The van der Waals surface area contributed by atoms with Crippen LogP contribution >= 0.6 is 0 Å². The van der Waals surface area contributed by atoms with Gasteiger partial charge in [-0.15, -0.1) is 0 Å². The van der Waals surface area contributed by atoms with Crippen LogP contribution in [-0.4, -0.2) is 26.2 Å². The van der Waals surface area contributed by atoms with Gasteiger partial charge in [-0.1, -0.05) is 18.2 Å². The second-order valence-corrected chi connectivity index (χ2v) is 7.06. The molecular formula is C20H22BNO3. The maximum atomic E-state index is 13.4. The normalized spacial score (nSPS) is 22.6. The van der Waals surface area contributed by atoms with Crippen LogP contribution in [0.1, 0.15) is 39.5 Å². The maximum absolute atomic E-state index is 13.4. The van der Waals surface area contributed by atoms with Gasteiger partial charge in [0.25, 0.3) is 5.91 Å². The van der Waals surface area contributed by atoms with Gasteiger partial charge in [-0.05, 0) is 68.1 Å². The fraction of sp³-hybridized carbons (Fsp3) is 0.350. The van der Waals surface area contributed by atoms with Crippen LogP contribution in [0.5, 0.6) is 0 Å². The Morgan fingerprint density at radius 2 is 1.68 bits per heavy atom. The Labute approximate surface area is 148 Å². The maximum Gasteiger partial charge on any atom is 0.489 e. The molecule has 5 heteroatoms. The number of carbonyl (C=O) groups is 1. The van der Waals surface area contributed by atoms with Crippen molar-refractivity contribution in [3.05, 3.63) is 64.2 Å². The highest BCUT2D eigenvalue weighted by Crippen LogP contribution is 2.47. The lowest BCUT2D eigenvalue weighted by atomic mass is 9.60. The average Bonchev–Trinajstić information content (AvgIpc) is 3.21. The summed E-state index contributed by atoms with van der Waals surface area (Å²) in [7, 11) is -0.473. The monoisotopic (exact) mass is 335 g/mol. The standard InChI is InChI=1S/C20H22BNO3/c1-13-12-17-18(15(3)14(13)2)20(4,21-24-10-11-25-21)22(19(17)23)16-8-6-5-7-9-16/h5-9,12H,10-11H2,1-4H3. The third-order valence-electron chi connectivity index (χ3n) is 5.66. The molecule has 2 aliphatic heterocycles. The second-order valence-electron chi connectivity index (χ2n) is 7.06. The van der Waals surface area contributed by atoms with Gasteiger partial charge < -0.3 is 9.31 Å². The molecule has 0 saturated carbocycles. The largest absolute Gasteiger partial charge is 0.489 e. The first-order valence-electron chi connectivity index (χ1n) is 8.70. The van der Waals surface area contributed by atoms with E-state index in [1.807, 2.05) is 41.3 Å². The zero-order valence-corrected chi connectivity index (χ0v) is 15.1. The first-order chi connectivity index (χ1) is 12.0. The number of hydrogen-bond donors (Lipinski definition) is 0. The van der Waals surface area contributed by atoms with Crippen molar-refractivity contribution in [1.29, 1.82) is 0 Å². The lowest BCUT2D eigenvalue weighted by molar-refractivity contribution is 0.0983. The number of rotatable bonds is 2. The number of aryl methyl sites for hydroxylation is 1. The van der Waals surface area contributed by atoms with Gasteiger partial charge in [-0.25, -0.2) is 0 Å². The molecule has 0 bridgehead atoms. The summed E-state index contributed by atoms with van der Waals surface area (Å²) in [4.78, 5) is 15.2. The Balaban J connectivity index is 2.00. The SMILES string of the molecule is Cc1cc2c(c(C)c1C)C(C)(B1OCCO1)N(c1ccccc1)C2=O. The Hall–Kier alpha value is -2.11. The summed E-state index contributed by atoms with van der Waals surface area (Å²) in [5, 5.41) is 0. The van der Waals surface area contributed by atoms with Crippen molar-refractivity contribution in [3.8, 4) is 0 Å². The predicted molar refractivity (Wildman–Crippen MR) is 98.9 cm³/mol. The molecular weight excluding hydrogens is 313 g/mol. The molecule has 0 radical (unpaired) electrons. The first-order valence-corrected chi connectivity index (χ1v) is 8.70. The summed E-state index contributed by atoms with van der Waals surface area (Å²) in [5.41, 5.74) is 5.44. The quantitative estimate of drug-likeness (QED) is 0.788. The van der Waals surface area contributed by atoms with Crippen LogP contribution in [-0.2, 0) is 14.7 Å². The summed E-state index contributed by atoms with van der Waals surface area (Å²) in [5.74, 6) is 0.00833. The number of anilines is 1. The summed E-state index contributed by atoms with van der Waals surface area (Å²) in [6.07, 6.45) is 0. The van der Waals surface area contributed by atoms with E-state index in [-0.39, 0.29) is 5.91 Å². The topological polar surface area (TPSA) is 38.8 Å². The predicted octanol–water partition coefficient (Wildman–Crippen LogP) is 3.56. The summed E-state index contributed by atoms with van der Waals surface area (Å²) >= 11 is 0. The van der Waals surface area contributed by atoms with E-state index < -0.39 is 12.6 Å². The molecule has 2 aromatic carbocycles. The molecule has 1 fully saturated rings. The molecule has 2 aliphatic rings. The number of benzene rings is 2. The van der Waals surface area contributed by atoms with Crippen LogP contribution in [0.15, 0.2) is 36.4 Å². The van der Waals surface area contributed by atoms with E-state index in [9.17, 15) is 4.79 Å². The van der Waals surface area contributed by atoms with Gasteiger partial charge in [0, 0.05) is 11.3 Å². The fourth-order valence-electron chi connectivity index (χ4n) is 4.22. The molecule has 128 valence electrons. The van der Waals surface area contributed by atoms with E-state index in [2.05, 4.69) is 27.7 Å². The van der Waals surface area contributed by atoms with Gasteiger partial charge in [0.15, 0.2) is 0 Å². The van der Waals surface area contributed by atoms with Crippen LogP contribution in [0, 0.1) is 20.8 Å². The van der Waals surface area contributed by atoms with Crippen molar-refractivity contribution in [2.45, 2.75) is 33.1 Å². The van der Waals surface area contributed by atoms with Crippen LogP contribution < -0.4 is 4.90 Å². The molecule has 1 saturated heterocycles. The number of fused-ring (bicyclic) bond motifs is 1. The highest BCUT2D eigenvalue weighted by Gasteiger charge is 2.58. The van der Waals surface area contributed by atoms with E-state index in [0.29, 0.717) is 13.2 Å². The molecule has 2 heterocycles. The number of hydrogen-bond acceptors (Lipinski definition) is 3. The summed E-state index contributed by atoms with van der Waals surface area (Å²) < 4.78 is 11.8. The van der Waals surface area contributed by atoms with E-state index in [1.165, 1.54) is 5.56 Å². The molecule has 0 N–H and O–H groups in total. The molecule has 0 spiro atoms. The minimum absolute atomic E-state index is 0.00833. The third-order valence-corrected chi connectivity index (χ3v) is 5.66. The summed E-state index contributed by atoms with van der Waals surface area (Å²) in [6.45, 7) is 9.42. The third kappa shape index (κ3) is 2.19. The van der Waals surface area contributed by atoms with Gasteiger partial charge in [0.05, 0.1) is 13.2 Å². The molecule has 1 unspecified atom stereocenters. The smallest absolute Gasteiger partial charge is 0.407 e. The molecule has 25 heavy (non-hydrogen) atoms. The van der Waals surface area contributed by atoms with Gasteiger partial charge in [0.1, 0.15) is 5.44 Å². The van der Waals surface area contributed by atoms with Crippen molar-refractivity contribution >= 4 is 18.7 Å². The highest BCUT2D eigenvalue weighted by atomic mass is 16.6. The number of para-hydroxylation sites is 1. The highest BCUT2D eigenvalue weighted by molar-refractivity contribution is 6.52. The number of carbonyl (C=O) groups excluding carboxylic acids is 1. The van der Waals surface area contributed by atoms with Gasteiger partial charge in [0.2, 0.25) is 0 Å². The van der Waals surface area contributed by atoms with E-state index in [0.717, 1.165) is 27.9 Å². The minimum atomic E-state index is -0.688. The molecule has 4 rings (SSSR count). The zero-order valence-electron chi connectivity index (χ0n) is 15.1. The molecule has 1 atom stereocenters. The minimum Gasteiger partial charge on any atom is -0.407 e. The molecule has 0 aromatic heterocycles. The zero-order chi connectivity index (χ0) is 17.8. The molecule has 2 aromatic rings. The van der Waals surface area contributed by atoms with Crippen LogP contribution in [0.2, 0.25) is 0 Å². The lowest BCUT2D eigenvalue weighted by Gasteiger charge is -2.37. The van der Waals surface area contributed by atoms with Crippen LogP contribution in [0.4, 0.5) is 5.69 Å². The Bertz CT molecular complexity index is 846. The Morgan fingerprint density at radius 1 is 1.04 bits per heavy atom. The number of amides is 1. The van der Waals surface area contributed by atoms with Gasteiger partial charge >= 0.3 is 7.12 Å². The van der Waals surface area contributed by atoms with Crippen molar-refractivity contribution in [2.24, 2.45) is 0 Å². The Morgan fingerprint density at radius 3 is 2.32 bits per heavy atom. The van der Waals surface area contributed by atoms with E-state index in [4.69, 9.17) is 9.31 Å². The average molecular weight is 335 g/mol. The molecule has 1 amide bonds. The first kappa shape index (κ1) is 16.4. The van der Waals surface area contributed by atoms with E-state index >= 15 is 0 Å². The fourth-order valence-corrected chi connectivity index (χ4v) is 4.22. The van der Waals surface area contributed by atoms with Gasteiger partial charge in [-0.2, -0.15) is 0 Å². The van der Waals surface area contributed by atoms with Crippen molar-refractivity contribution < 1.29 is 14.1 Å².